The summed E-state index contributed by atoms with van der Waals surface area (Å²) in [5, 5.41) is 13.7. The monoisotopic (exact) mass is 773 g/mol. The van der Waals surface area contributed by atoms with Crippen LogP contribution in [-0.4, -0.2) is 47.8 Å². The summed E-state index contributed by atoms with van der Waals surface area (Å²) < 4.78 is 22.1. The average molecular weight is 773 g/mol. The molecule has 5 N–H and O–H groups in total. The van der Waals surface area contributed by atoms with E-state index in [1.54, 1.807) is 6.08 Å². The third-order valence-electron chi connectivity index (χ3n) is 10.4. The molecule has 0 saturated carbocycles. The van der Waals surface area contributed by atoms with Crippen LogP contribution >= 0.6 is 7.82 Å². The number of carbonyl (C=O) groups is 1. The Kier molecular flexibility index (Phi) is 40.3. The third-order valence-corrected chi connectivity index (χ3v) is 11.3. The highest BCUT2D eigenvalue weighted by Crippen LogP contribution is 2.43. The molecule has 0 fully saturated rings. The van der Waals surface area contributed by atoms with E-state index in [9.17, 15) is 19.4 Å². The van der Waals surface area contributed by atoms with Gasteiger partial charge in [-0.05, 0) is 19.3 Å². The highest BCUT2D eigenvalue weighted by Gasteiger charge is 2.26. The van der Waals surface area contributed by atoms with Crippen molar-refractivity contribution < 1.29 is 28.4 Å². The fourth-order valence-electron chi connectivity index (χ4n) is 6.90. The van der Waals surface area contributed by atoms with Gasteiger partial charge in [-0.3, -0.25) is 13.8 Å². The van der Waals surface area contributed by atoms with Crippen LogP contribution < -0.4 is 11.1 Å². The van der Waals surface area contributed by atoms with Crippen LogP contribution in [0.2, 0.25) is 0 Å². The second-order valence-electron chi connectivity index (χ2n) is 15.6. The molecule has 0 radical (unpaired) electrons. The van der Waals surface area contributed by atoms with E-state index in [0.717, 1.165) is 38.5 Å². The van der Waals surface area contributed by atoms with Gasteiger partial charge >= 0.3 is 7.82 Å². The minimum Gasteiger partial charge on any atom is -0.387 e. The highest BCUT2D eigenvalue weighted by atomic mass is 31.2. The van der Waals surface area contributed by atoms with Crippen molar-refractivity contribution in [2.45, 2.75) is 244 Å². The number of phosphoric acid groups is 1. The molecule has 0 aromatic carbocycles. The molecule has 316 valence electrons. The lowest BCUT2D eigenvalue weighted by Gasteiger charge is -2.23. The van der Waals surface area contributed by atoms with E-state index < -0.39 is 20.0 Å². The standard InChI is InChI=1S/C44H89N2O6P/c1-3-5-7-9-11-13-15-17-19-21-23-25-27-29-31-33-35-37-43(47)42(41-52-53(49,50)51-40-39-45)46-44(48)38-36-34-32-30-28-26-24-22-20-18-16-14-12-10-8-6-4-2/h35,37,42-43,47H,3-34,36,38-41,45H2,1-2H3,(H,46,48)(H,49,50)/b37-35+/t42-,43+/m0/s1. The Bertz CT molecular complexity index is 845. The third kappa shape index (κ3) is 39.3. The molecule has 0 saturated heterocycles. The van der Waals surface area contributed by atoms with Crippen LogP contribution in [0, 0.1) is 0 Å². The summed E-state index contributed by atoms with van der Waals surface area (Å²) in [5.41, 5.74) is 5.38. The second-order valence-corrected chi connectivity index (χ2v) is 17.1. The maximum absolute atomic E-state index is 12.8. The van der Waals surface area contributed by atoms with Gasteiger partial charge in [-0.25, -0.2) is 4.57 Å². The zero-order valence-electron chi connectivity index (χ0n) is 35.0. The summed E-state index contributed by atoms with van der Waals surface area (Å²) in [7, 11) is -4.33. The molecule has 0 aliphatic heterocycles. The molecule has 8 nitrogen and oxygen atoms in total. The number of phosphoric ester groups is 1. The Morgan fingerprint density at radius 3 is 1.34 bits per heavy atom. The molecule has 3 atom stereocenters. The summed E-state index contributed by atoms with van der Waals surface area (Å²) in [5.74, 6) is -0.190. The van der Waals surface area contributed by atoms with Crippen LogP contribution in [0.4, 0.5) is 0 Å². The number of aliphatic hydroxyl groups excluding tert-OH is 1. The molecular weight excluding hydrogens is 683 g/mol. The van der Waals surface area contributed by atoms with Crippen molar-refractivity contribution in [3.63, 3.8) is 0 Å². The SMILES string of the molecule is CCCCCCCCCCCCCCCCC/C=C/[C@@H](O)[C@H](COP(=O)(O)OCCN)NC(=O)CCCCCCCCCCCCCCCCCCC. The molecule has 0 heterocycles. The van der Waals surface area contributed by atoms with Crippen LogP contribution in [0.25, 0.3) is 0 Å². The van der Waals surface area contributed by atoms with Gasteiger partial charge in [0.15, 0.2) is 0 Å². The molecule has 0 rings (SSSR count). The summed E-state index contributed by atoms with van der Waals surface area (Å²) in [4.78, 5) is 22.7. The maximum Gasteiger partial charge on any atom is 0.472 e. The van der Waals surface area contributed by atoms with Crippen molar-refractivity contribution in [1.29, 1.82) is 0 Å². The van der Waals surface area contributed by atoms with E-state index in [1.165, 1.54) is 173 Å². The van der Waals surface area contributed by atoms with E-state index >= 15 is 0 Å². The Hall–Kier alpha value is -0.760. The minimum absolute atomic E-state index is 0.0815. The van der Waals surface area contributed by atoms with Gasteiger partial charge in [0.2, 0.25) is 5.91 Å². The molecule has 53 heavy (non-hydrogen) atoms. The normalized spacial score (nSPS) is 14.1. The Labute approximate surface area is 328 Å². The number of hydrogen-bond acceptors (Lipinski definition) is 6. The summed E-state index contributed by atoms with van der Waals surface area (Å²) in [6.07, 6.45) is 45.4. The van der Waals surface area contributed by atoms with Gasteiger partial charge in [0.25, 0.3) is 0 Å². The van der Waals surface area contributed by atoms with E-state index in [4.69, 9.17) is 14.8 Å². The van der Waals surface area contributed by atoms with Gasteiger partial charge in [-0.15, -0.1) is 0 Å². The topological polar surface area (TPSA) is 131 Å². The Morgan fingerprint density at radius 2 is 0.962 bits per heavy atom. The number of allylic oxidation sites excluding steroid dienone is 1. The lowest BCUT2D eigenvalue weighted by atomic mass is 10.0. The van der Waals surface area contributed by atoms with Crippen molar-refractivity contribution in [3.05, 3.63) is 12.2 Å². The molecular formula is C44H89N2O6P. The van der Waals surface area contributed by atoms with Crippen LogP contribution in [0.1, 0.15) is 232 Å². The van der Waals surface area contributed by atoms with Crippen molar-refractivity contribution in [2.75, 3.05) is 19.8 Å². The molecule has 9 heteroatoms. The van der Waals surface area contributed by atoms with Crippen LogP contribution in [0.15, 0.2) is 12.2 Å². The largest absolute Gasteiger partial charge is 0.472 e. The van der Waals surface area contributed by atoms with E-state index in [2.05, 4.69) is 19.2 Å². The number of aliphatic hydroxyl groups is 1. The van der Waals surface area contributed by atoms with Crippen LogP contribution in [-0.2, 0) is 18.4 Å². The van der Waals surface area contributed by atoms with Gasteiger partial charge in [0.1, 0.15) is 0 Å². The number of amides is 1. The molecule has 0 aliphatic rings. The Morgan fingerprint density at radius 1 is 0.604 bits per heavy atom. The highest BCUT2D eigenvalue weighted by molar-refractivity contribution is 7.47. The zero-order chi connectivity index (χ0) is 38.9. The lowest BCUT2D eigenvalue weighted by Crippen LogP contribution is -2.45. The summed E-state index contributed by atoms with van der Waals surface area (Å²) >= 11 is 0. The molecule has 0 aliphatic carbocycles. The first-order valence-electron chi connectivity index (χ1n) is 22.8. The zero-order valence-corrected chi connectivity index (χ0v) is 35.9. The quantitative estimate of drug-likeness (QED) is 0.0276. The van der Waals surface area contributed by atoms with Gasteiger partial charge in [0, 0.05) is 13.0 Å². The van der Waals surface area contributed by atoms with Gasteiger partial charge in [0.05, 0.1) is 25.4 Å². The molecule has 1 amide bonds. The smallest absolute Gasteiger partial charge is 0.387 e. The number of hydrogen-bond donors (Lipinski definition) is 4. The molecule has 0 aromatic rings. The van der Waals surface area contributed by atoms with Crippen molar-refractivity contribution in [1.82, 2.24) is 5.32 Å². The van der Waals surface area contributed by atoms with Gasteiger partial charge in [-0.1, -0.05) is 219 Å². The predicted octanol–water partition coefficient (Wildman–Crippen LogP) is 12.8. The van der Waals surface area contributed by atoms with Crippen LogP contribution in [0.3, 0.4) is 0 Å². The van der Waals surface area contributed by atoms with Crippen molar-refractivity contribution >= 4 is 13.7 Å². The molecule has 0 spiro atoms. The van der Waals surface area contributed by atoms with Gasteiger partial charge in [-0.2, -0.15) is 0 Å². The van der Waals surface area contributed by atoms with E-state index in [-0.39, 0.29) is 25.7 Å². The minimum atomic E-state index is -4.33. The number of nitrogens with two attached hydrogens (primary N) is 1. The molecule has 0 bridgehead atoms. The average Bonchev–Trinajstić information content (AvgIpc) is 3.14. The number of rotatable bonds is 43. The number of unbranched alkanes of at least 4 members (excludes halogenated alkanes) is 31. The first kappa shape index (κ1) is 52.2. The predicted molar refractivity (Wildman–Crippen MR) is 226 cm³/mol. The maximum atomic E-state index is 12.8. The first-order valence-corrected chi connectivity index (χ1v) is 24.3. The fourth-order valence-corrected chi connectivity index (χ4v) is 7.66. The van der Waals surface area contributed by atoms with Crippen molar-refractivity contribution in [2.24, 2.45) is 5.73 Å². The summed E-state index contributed by atoms with van der Waals surface area (Å²) in [6, 6.07) is -0.854. The van der Waals surface area contributed by atoms with Crippen molar-refractivity contribution in [3.8, 4) is 0 Å². The first-order chi connectivity index (χ1) is 25.9. The fraction of sp³-hybridized carbons (Fsp3) is 0.932. The van der Waals surface area contributed by atoms with Gasteiger partial charge < -0.3 is 21.1 Å². The number of nitrogens with one attached hydrogen (secondary N) is 1. The molecule has 0 aromatic heterocycles. The summed E-state index contributed by atoms with van der Waals surface area (Å²) in [6.45, 7) is 4.17. The second kappa shape index (κ2) is 40.9. The van der Waals surface area contributed by atoms with Crippen LogP contribution in [0.5, 0.6) is 0 Å². The van der Waals surface area contributed by atoms with E-state index in [1.807, 2.05) is 6.08 Å². The molecule has 1 unspecified atom stereocenters. The van der Waals surface area contributed by atoms with E-state index in [0.29, 0.717) is 6.42 Å². The number of carbonyl (C=O) groups excluding carboxylic acids is 1. The Balaban J connectivity index is 4.16. The lowest BCUT2D eigenvalue weighted by molar-refractivity contribution is -0.123.